The number of imidazole rings is 1. The van der Waals surface area contributed by atoms with Crippen LogP contribution in [0.25, 0.3) is 5.65 Å². The number of methoxy groups -OCH3 is 1. The summed E-state index contributed by atoms with van der Waals surface area (Å²) in [5, 5.41) is 0. The van der Waals surface area contributed by atoms with Gasteiger partial charge in [-0.05, 0) is 12.1 Å². The lowest BCUT2D eigenvalue weighted by molar-refractivity contribution is 0.397. The van der Waals surface area contributed by atoms with E-state index in [4.69, 9.17) is 4.74 Å². The van der Waals surface area contributed by atoms with Gasteiger partial charge in [-0.1, -0.05) is 0 Å². The second-order valence-corrected chi connectivity index (χ2v) is 3.36. The van der Waals surface area contributed by atoms with Gasteiger partial charge in [-0.2, -0.15) is 0 Å². The summed E-state index contributed by atoms with van der Waals surface area (Å²) >= 11 is 0. The Morgan fingerprint density at radius 1 is 1.56 bits per heavy atom. The van der Waals surface area contributed by atoms with Crippen LogP contribution in [-0.2, 0) is 11.3 Å². The Morgan fingerprint density at radius 3 is 3.12 bits per heavy atom. The highest BCUT2D eigenvalue weighted by atomic mass is 19.1. The van der Waals surface area contributed by atoms with Crippen molar-refractivity contribution in [2.45, 2.75) is 13.5 Å². The number of hydrogen-bond donors (Lipinski definition) is 0. The quantitative estimate of drug-likeness (QED) is 0.575. The van der Waals surface area contributed by atoms with Crippen LogP contribution in [0, 0.1) is 5.82 Å². The predicted octanol–water partition coefficient (Wildman–Crippen LogP) is 2.04. The van der Waals surface area contributed by atoms with Crippen molar-refractivity contribution in [2.24, 2.45) is 4.99 Å². The van der Waals surface area contributed by atoms with Gasteiger partial charge in [-0.3, -0.25) is 4.40 Å². The van der Waals surface area contributed by atoms with Crippen LogP contribution in [0.5, 0.6) is 0 Å². The van der Waals surface area contributed by atoms with Gasteiger partial charge >= 0.3 is 0 Å². The topological polar surface area (TPSA) is 38.9 Å². The van der Waals surface area contributed by atoms with Gasteiger partial charge in [0.25, 0.3) is 0 Å². The van der Waals surface area contributed by atoms with Crippen molar-refractivity contribution in [3.05, 3.63) is 36.0 Å². The van der Waals surface area contributed by atoms with E-state index in [-0.39, 0.29) is 5.82 Å². The molecule has 16 heavy (non-hydrogen) atoms. The van der Waals surface area contributed by atoms with Gasteiger partial charge < -0.3 is 4.74 Å². The molecular weight excluding hydrogens is 209 g/mol. The number of pyridine rings is 1. The number of halogens is 1. The van der Waals surface area contributed by atoms with Crippen molar-refractivity contribution in [2.75, 3.05) is 7.11 Å². The maximum atomic E-state index is 13.1. The highest BCUT2D eigenvalue weighted by Crippen LogP contribution is 2.09. The second kappa shape index (κ2) is 4.30. The molecule has 0 N–H and O–H groups in total. The molecule has 0 fully saturated rings. The van der Waals surface area contributed by atoms with E-state index in [0.717, 1.165) is 5.69 Å². The summed E-state index contributed by atoms with van der Waals surface area (Å²) in [7, 11) is 1.56. The van der Waals surface area contributed by atoms with Gasteiger partial charge in [0.1, 0.15) is 11.5 Å². The monoisotopic (exact) mass is 221 g/mol. The minimum absolute atomic E-state index is 0.292. The number of rotatable bonds is 2. The number of aliphatic imine (C=N–C) groups is 1. The molecule has 0 spiro atoms. The van der Waals surface area contributed by atoms with E-state index in [1.54, 1.807) is 30.7 Å². The minimum atomic E-state index is -0.292. The van der Waals surface area contributed by atoms with Gasteiger partial charge in [0, 0.05) is 13.1 Å². The van der Waals surface area contributed by atoms with Crippen molar-refractivity contribution in [1.29, 1.82) is 0 Å². The molecular formula is C11H12FN3O. The minimum Gasteiger partial charge on any atom is -0.484 e. The van der Waals surface area contributed by atoms with Gasteiger partial charge in [0.05, 0.1) is 25.5 Å². The van der Waals surface area contributed by atoms with E-state index in [0.29, 0.717) is 18.1 Å². The lowest BCUT2D eigenvalue weighted by atomic mass is 10.4. The molecule has 2 aromatic rings. The molecule has 0 radical (unpaired) electrons. The summed E-state index contributed by atoms with van der Waals surface area (Å²) in [6, 6.07) is 3.02. The molecule has 0 bridgehead atoms. The van der Waals surface area contributed by atoms with Gasteiger partial charge in [-0.15, -0.1) is 0 Å². The lowest BCUT2D eigenvalue weighted by Crippen LogP contribution is -1.97. The average Bonchev–Trinajstić information content (AvgIpc) is 2.68. The zero-order valence-corrected chi connectivity index (χ0v) is 9.14. The Balaban J connectivity index is 2.34. The number of ether oxygens (including phenoxy) is 1. The summed E-state index contributed by atoms with van der Waals surface area (Å²) in [6.45, 7) is 2.19. The maximum absolute atomic E-state index is 13.1. The molecule has 0 aromatic carbocycles. The Bertz CT molecular complexity index is 533. The van der Waals surface area contributed by atoms with Gasteiger partial charge in [0.15, 0.2) is 5.90 Å². The maximum Gasteiger partial charge on any atom is 0.180 e. The third-order valence-corrected chi connectivity index (χ3v) is 2.31. The molecule has 0 unspecified atom stereocenters. The first-order chi connectivity index (χ1) is 7.70. The van der Waals surface area contributed by atoms with Crippen molar-refractivity contribution in [3.8, 4) is 0 Å². The summed E-state index contributed by atoms with van der Waals surface area (Å²) in [6.07, 6.45) is 3.08. The molecule has 0 saturated carbocycles. The first-order valence-electron chi connectivity index (χ1n) is 4.87. The van der Waals surface area contributed by atoms with E-state index in [1.807, 2.05) is 0 Å². The summed E-state index contributed by atoms with van der Waals surface area (Å²) in [4.78, 5) is 8.33. The number of fused-ring (bicyclic) bond motifs is 1. The fourth-order valence-electron chi connectivity index (χ4n) is 1.38. The number of aromatic nitrogens is 2. The zero-order chi connectivity index (χ0) is 11.5. The molecule has 0 aliphatic carbocycles. The normalized spacial score (nSPS) is 12.1. The predicted molar refractivity (Wildman–Crippen MR) is 59.0 cm³/mol. The molecule has 2 rings (SSSR count). The third kappa shape index (κ3) is 2.03. The molecule has 0 aliphatic heterocycles. The molecule has 5 heteroatoms. The Kier molecular flexibility index (Phi) is 2.85. The van der Waals surface area contributed by atoms with Crippen LogP contribution >= 0.6 is 0 Å². The van der Waals surface area contributed by atoms with Crippen molar-refractivity contribution < 1.29 is 9.13 Å². The molecule has 4 nitrogen and oxygen atoms in total. The third-order valence-electron chi connectivity index (χ3n) is 2.31. The van der Waals surface area contributed by atoms with Crippen molar-refractivity contribution >= 4 is 11.5 Å². The molecule has 0 aliphatic rings. The van der Waals surface area contributed by atoms with Crippen LogP contribution in [0.3, 0.4) is 0 Å². The van der Waals surface area contributed by atoms with Gasteiger partial charge in [0.2, 0.25) is 0 Å². The van der Waals surface area contributed by atoms with Crippen LogP contribution < -0.4 is 0 Å². The Labute approximate surface area is 92.4 Å². The smallest absolute Gasteiger partial charge is 0.180 e. The van der Waals surface area contributed by atoms with Crippen LogP contribution in [0.15, 0.2) is 29.5 Å². The van der Waals surface area contributed by atoms with E-state index in [2.05, 4.69) is 9.98 Å². The summed E-state index contributed by atoms with van der Waals surface area (Å²) < 4.78 is 19.7. The second-order valence-electron chi connectivity index (χ2n) is 3.36. The van der Waals surface area contributed by atoms with Crippen molar-refractivity contribution in [3.63, 3.8) is 0 Å². The zero-order valence-electron chi connectivity index (χ0n) is 9.14. The largest absolute Gasteiger partial charge is 0.484 e. The fraction of sp³-hybridized carbons (Fsp3) is 0.273. The Morgan fingerprint density at radius 2 is 2.38 bits per heavy atom. The van der Waals surface area contributed by atoms with Crippen LogP contribution in [0.4, 0.5) is 4.39 Å². The first kappa shape index (κ1) is 10.6. The van der Waals surface area contributed by atoms with E-state index >= 15 is 0 Å². The molecule has 2 heterocycles. The highest BCUT2D eigenvalue weighted by molar-refractivity contribution is 5.72. The van der Waals surface area contributed by atoms with E-state index in [9.17, 15) is 4.39 Å². The lowest BCUT2D eigenvalue weighted by Gasteiger charge is -2.00. The molecule has 0 saturated heterocycles. The molecule has 2 aromatic heterocycles. The molecule has 0 amide bonds. The number of hydrogen-bond acceptors (Lipinski definition) is 3. The molecule has 84 valence electrons. The first-order valence-corrected chi connectivity index (χ1v) is 4.87. The van der Waals surface area contributed by atoms with Crippen LogP contribution in [-0.4, -0.2) is 22.4 Å². The highest BCUT2D eigenvalue weighted by Gasteiger charge is 2.03. The number of nitrogens with zero attached hydrogens (tertiary/aromatic N) is 3. The summed E-state index contributed by atoms with van der Waals surface area (Å²) in [5.74, 6) is 0.297. The standard InChI is InChI=1S/C11H12FN3O/c1-8(16-2)13-5-10-6-14-11-4-3-9(12)7-15(10)11/h3-4,6-7H,5H2,1-2H3. The van der Waals surface area contributed by atoms with E-state index in [1.165, 1.54) is 12.3 Å². The summed E-state index contributed by atoms with van der Waals surface area (Å²) in [5.41, 5.74) is 1.53. The Hall–Kier alpha value is -1.91. The fourth-order valence-corrected chi connectivity index (χ4v) is 1.38. The van der Waals surface area contributed by atoms with Crippen molar-refractivity contribution in [1.82, 2.24) is 9.38 Å². The van der Waals surface area contributed by atoms with Crippen LogP contribution in [0.2, 0.25) is 0 Å². The SMILES string of the molecule is COC(C)=NCc1cnc2ccc(F)cn12. The van der Waals surface area contributed by atoms with Crippen LogP contribution in [0.1, 0.15) is 12.6 Å². The van der Waals surface area contributed by atoms with E-state index < -0.39 is 0 Å². The molecule has 0 atom stereocenters. The van der Waals surface area contributed by atoms with Gasteiger partial charge in [-0.25, -0.2) is 14.4 Å². The average molecular weight is 221 g/mol.